The summed E-state index contributed by atoms with van der Waals surface area (Å²) in [5.41, 5.74) is 5.54. The lowest BCUT2D eigenvalue weighted by Gasteiger charge is -2.13. The van der Waals surface area contributed by atoms with Gasteiger partial charge in [-0.25, -0.2) is 4.39 Å². The molecule has 0 heterocycles. The van der Waals surface area contributed by atoms with Crippen molar-refractivity contribution in [3.63, 3.8) is 0 Å². The number of hydrogen-bond donors (Lipinski definition) is 2. The molecule has 0 saturated heterocycles. The van der Waals surface area contributed by atoms with E-state index in [1.807, 2.05) is 25.1 Å². The standard InChI is InChI=1S/C16H15BrFN3O2/c1-21(2)12-5-3-4-10(8-12)15(22)19-20-16(23)13-7-6-11(17)9-14(13)18/h3-9H,1-2H3,(H,19,22)(H,20,23). The SMILES string of the molecule is CN(C)c1cccc(C(=O)NNC(=O)c2ccc(Br)cc2F)c1. The van der Waals surface area contributed by atoms with Crippen molar-refractivity contribution in [2.75, 3.05) is 19.0 Å². The third-order valence-corrected chi connectivity index (χ3v) is 3.58. The molecule has 2 N–H and O–H groups in total. The number of hydrazine groups is 1. The summed E-state index contributed by atoms with van der Waals surface area (Å²) in [4.78, 5) is 25.8. The Hall–Kier alpha value is -2.41. The molecule has 0 aliphatic heterocycles. The molecule has 0 saturated carbocycles. The summed E-state index contributed by atoms with van der Waals surface area (Å²) in [5, 5.41) is 0. The zero-order chi connectivity index (χ0) is 17.0. The van der Waals surface area contributed by atoms with Crippen LogP contribution < -0.4 is 15.8 Å². The van der Waals surface area contributed by atoms with E-state index in [9.17, 15) is 14.0 Å². The van der Waals surface area contributed by atoms with Gasteiger partial charge in [0, 0.05) is 29.8 Å². The second-order valence-electron chi connectivity index (χ2n) is 4.98. The van der Waals surface area contributed by atoms with Crippen molar-refractivity contribution in [1.82, 2.24) is 10.9 Å². The van der Waals surface area contributed by atoms with Crippen LogP contribution in [0.5, 0.6) is 0 Å². The number of benzene rings is 2. The van der Waals surface area contributed by atoms with Gasteiger partial charge in [0.05, 0.1) is 5.56 Å². The first-order valence-corrected chi connectivity index (χ1v) is 7.51. The molecule has 5 nitrogen and oxygen atoms in total. The van der Waals surface area contributed by atoms with Crippen LogP contribution >= 0.6 is 15.9 Å². The van der Waals surface area contributed by atoms with Crippen LogP contribution in [0, 0.1) is 5.82 Å². The average Bonchev–Trinajstić information content (AvgIpc) is 2.52. The highest BCUT2D eigenvalue weighted by molar-refractivity contribution is 9.10. The minimum Gasteiger partial charge on any atom is -0.378 e. The van der Waals surface area contributed by atoms with E-state index in [-0.39, 0.29) is 5.56 Å². The minimum absolute atomic E-state index is 0.157. The maximum Gasteiger partial charge on any atom is 0.272 e. The lowest BCUT2D eigenvalue weighted by Crippen LogP contribution is -2.42. The Morgan fingerprint density at radius 3 is 2.39 bits per heavy atom. The van der Waals surface area contributed by atoms with E-state index in [2.05, 4.69) is 26.8 Å². The Labute approximate surface area is 141 Å². The minimum atomic E-state index is -0.730. The highest BCUT2D eigenvalue weighted by Gasteiger charge is 2.13. The molecule has 0 aromatic heterocycles. The molecule has 0 unspecified atom stereocenters. The van der Waals surface area contributed by atoms with E-state index in [1.54, 1.807) is 24.3 Å². The molecule has 0 aliphatic carbocycles. The molecule has 2 aromatic carbocycles. The fraction of sp³-hybridized carbons (Fsp3) is 0.125. The second-order valence-corrected chi connectivity index (χ2v) is 5.89. The largest absolute Gasteiger partial charge is 0.378 e. The molecule has 23 heavy (non-hydrogen) atoms. The van der Waals surface area contributed by atoms with Crippen LogP contribution in [0.1, 0.15) is 20.7 Å². The predicted octanol–water partition coefficient (Wildman–Crippen LogP) is 2.73. The molecule has 0 aliphatic rings. The summed E-state index contributed by atoms with van der Waals surface area (Å²) in [6.07, 6.45) is 0. The van der Waals surface area contributed by atoms with E-state index in [0.717, 1.165) is 5.69 Å². The highest BCUT2D eigenvalue weighted by atomic mass is 79.9. The topological polar surface area (TPSA) is 61.4 Å². The number of carbonyl (C=O) groups excluding carboxylic acids is 2. The lowest BCUT2D eigenvalue weighted by molar-refractivity contribution is 0.0844. The van der Waals surface area contributed by atoms with Crippen molar-refractivity contribution in [3.8, 4) is 0 Å². The molecular formula is C16H15BrFN3O2. The van der Waals surface area contributed by atoms with Gasteiger partial charge in [0.15, 0.2) is 0 Å². The van der Waals surface area contributed by atoms with Gasteiger partial charge in [-0.3, -0.25) is 20.4 Å². The predicted molar refractivity (Wildman–Crippen MR) is 89.8 cm³/mol. The number of halogens is 2. The summed E-state index contributed by atoms with van der Waals surface area (Å²) in [6.45, 7) is 0. The summed E-state index contributed by atoms with van der Waals surface area (Å²) < 4.78 is 14.2. The first kappa shape index (κ1) is 17.0. The van der Waals surface area contributed by atoms with E-state index in [1.165, 1.54) is 12.1 Å². The number of nitrogens with zero attached hydrogens (tertiary/aromatic N) is 1. The first-order valence-electron chi connectivity index (χ1n) is 6.71. The smallest absolute Gasteiger partial charge is 0.272 e. The van der Waals surface area contributed by atoms with Crippen molar-refractivity contribution >= 4 is 33.4 Å². The molecule has 0 spiro atoms. The van der Waals surface area contributed by atoms with Crippen molar-refractivity contribution in [2.45, 2.75) is 0 Å². The number of nitrogens with one attached hydrogen (secondary N) is 2. The molecule has 2 rings (SSSR count). The first-order chi connectivity index (χ1) is 10.9. The highest BCUT2D eigenvalue weighted by Crippen LogP contribution is 2.15. The van der Waals surface area contributed by atoms with Gasteiger partial charge in [-0.15, -0.1) is 0 Å². The average molecular weight is 380 g/mol. The summed E-state index contributed by atoms with van der Waals surface area (Å²) in [5.74, 6) is -1.90. The zero-order valence-electron chi connectivity index (χ0n) is 12.6. The second kappa shape index (κ2) is 7.23. The van der Waals surface area contributed by atoms with Gasteiger partial charge >= 0.3 is 0 Å². The van der Waals surface area contributed by atoms with Crippen molar-refractivity contribution in [1.29, 1.82) is 0 Å². The van der Waals surface area contributed by atoms with Gasteiger partial charge in [0.25, 0.3) is 11.8 Å². The summed E-state index contributed by atoms with van der Waals surface area (Å²) >= 11 is 3.11. The summed E-state index contributed by atoms with van der Waals surface area (Å²) in [7, 11) is 3.71. The van der Waals surface area contributed by atoms with Crippen LogP contribution in [-0.4, -0.2) is 25.9 Å². The van der Waals surface area contributed by atoms with Crippen LogP contribution in [0.25, 0.3) is 0 Å². The molecule has 0 bridgehead atoms. The number of anilines is 1. The molecule has 0 fully saturated rings. The van der Waals surface area contributed by atoms with Crippen LogP contribution in [0.2, 0.25) is 0 Å². The van der Waals surface area contributed by atoms with Gasteiger partial charge in [0.2, 0.25) is 0 Å². The van der Waals surface area contributed by atoms with Crippen LogP contribution in [-0.2, 0) is 0 Å². The van der Waals surface area contributed by atoms with E-state index < -0.39 is 17.6 Å². The normalized spacial score (nSPS) is 10.1. The Balaban J connectivity index is 2.04. The van der Waals surface area contributed by atoms with Crippen molar-refractivity contribution < 1.29 is 14.0 Å². The third kappa shape index (κ3) is 4.29. The Morgan fingerprint density at radius 1 is 1.04 bits per heavy atom. The molecule has 2 amide bonds. The molecule has 7 heteroatoms. The zero-order valence-corrected chi connectivity index (χ0v) is 14.1. The third-order valence-electron chi connectivity index (χ3n) is 3.09. The Morgan fingerprint density at radius 2 is 1.74 bits per heavy atom. The van der Waals surface area contributed by atoms with Gasteiger partial charge in [-0.2, -0.15) is 0 Å². The van der Waals surface area contributed by atoms with Crippen molar-refractivity contribution in [2.24, 2.45) is 0 Å². The number of amides is 2. The Bertz CT molecular complexity index is 750. The van der Waals surface area contributed by atoms with Gasteiger partial charge in [0.1, 0.15) is 5.82 Å². The Kier molecular flexibility index (Phi) is 5.33. The fourth-order valence-electron chi connectivity index (χ4n) is 1.85. The van der Waals surface area contributed by atoms with Crippen LogP contribution in [0.15, 0.2) is 46.9 Å². The maximum absolute atomic E-state index is 13.7. The van der Waals surface area contributed by atoms with E-state index in [0.29, 0.717) is 10.0 Å². The monoisotopic (exact) mass is 379 g/mol. The van der Waals surface area contributed by atoms with Crippen molar-refractivity contribution in [3.05, 3.63) is 63.9 Å². The van der Waals surface area contributed by atoms with E-state index >= 15 is 0 Å². The molecule has 120 valence electrons. The fourth-order valence-corrected chi connectivity index (χ4v) is 2.19. The quantitative estimate of drug-likeness (QED) is 0.806. The number of carbonyl (C=O) groups is 2. The number of rotatable bonds is 3. The molecule has 0 atom stereocenters. The maximum atomic E-state index is 13.7. The molecule has 0 radical (unpaired) electrons. The van der Waals surface area contributed by atoms with Crippen LogP contribution in [0.4, 0.5) is 10.1 Å². The number of hydrogen-bond acceptors (Lipinski definition) is 3. The molecule has 2 aromatic rings. The lowest BCUT2D eigenvalue weighted by atomic mass is 10.2. The van der Waals surface area contributed by atoms with Crippen LogP contribution in [0.3, 0.4) is 0 Å². The van der Waals surface area contributed by atoms with E-state index in [4.69, 9.17) is 0 Å². The summed E-state index contributed by atoms with van der Waals surface area (Å²) in [6, 6.07) is 10.9. The van der Waals surface area contributed by atoms with Gasteiger partial charge in [-0.05, 0) is 36.4 Å². The van der Waals surface area contributed by atoms with Gasteiger partial charge < -0.3 is 4.90 Å². The molecular weight excluding hydrogens is 365 g/mol. The van der Waals surface area contributed by atoms with Gasteiger partial charge in [-0.1, -0.05) is 22.0 Å².